The third-order valence-electron chi connectivity index (χ3n) is 3.97. The van der Waals surface area contributed by atoms with Crippen LogP contribution in [0.25, 0.3) is 11.0 Å². The number of benzene rings is 2. The van der Waals surface area contributed by atoms with Gasteiger partial charge in [-0.3, -0.25) is 0 Å². The molecule has 0 N–H and O–H groups in total. The second-order valence-corrected chi connectivity index (χ2v) is 7.87. The van der Waals surface area contributed by atoms with Crippen molar-refractivity contribution in [3.05, 3.63) is 66.5 Å². The number of hydrogen-bond donors (Lipinski definition) is 0. The van der Waals surface area contributed by atoms with Crippen LogP contribution in [0.15, 0.2) is 60.9 Å². The second-order valence-electron chi connectivity index (χ2n) is 6.18. The topological polar surface area (TPSA) is 8.81 Å². The van der Waals surface area contributed by atoms with Gasteiger partial charge < -0.3 is 0 Å². The summed E-state index contributed by atoms with van der Waals surface area (Å²) in [4.78, 5) is 0. The molecular weight excluding hydrogens is 300 g/mol. The summed E-state index contributed by atoms with van der Waals surface area (Å²) in [6.45, 7) is 6.55. The van der Waals surface area contributed by atoms with Gasteiger partial charge in [0.05, 0.1) is 6.54 Å². The molecule has 0 atom stereocenters. The van der Waals surface area contributed by atoms with Crippen LogP contribution in [0, 0.1) is 0 Å². The van der Waals surface area contributed by atoms with Crippen LogP contribution >= 0.6 is 11.8 Å². The van der Waals surface area contributed by atoms with Crippen LogP contribution in [0.3, 0.4) is 0 Å². The maximum atomic E-state index is 2.40. The molecule has 0 unspecified atom stereocenters. The summed E-state index contributed by atoms with van der Waals surface area (Å²) in [7, 11) is 0. The van der Waals surface area contributed by atoms with Crippen molar-refractivity contribution < 1.29 is 4.57 Å². The van der Waals surface area contributed by atoms with Gasteiger partial charge in [0.1, 0.15) is 6.54 Å². The molecule has 0 fully saturated rings. The maximum absolute atomic E-state index is 2.40. The number of para-hydroxylation sites is 2. The highest BCUT2D eigenvalue weighted by atomic mass is 32.2. The van der Waals surface area contributed by atoms with Crippen LogP contribution in [0.5, 0.6) is 0 Å². The van der Waals surface area contributed by atoms with Crippen LogP contribution in [-0.2, 0) is 13.1 Å². The lowest BCUT2D eigenvalue weighted by atomic mass is 10.2. The Labute approximate surface area is 143 Å². The number of thioether (sulfide) groups is 1. The van der Waals surface area contributed by atoms with Crippen LogP contribution in [-0.4, -0.2) is 15.6 Å². The molecule has 0 aliphatic carbocycles. The number of nitrogens with zero attached hydrogens (tertiary/aromatic N) is 2. The fourth-order valence-electron chi connectivity index (χ4n) is 2.88. The molecule has 1 aromatic heterocycles. The molecule has 3 rings (SSSR count). The van der Waals surface area contributed by atoms with Crippen LogP contribution in [0.2, 0.25) is 0 Å². The molecule has 1 heterocycles. The molecule has 3 aromatic rings. The molecule has 3 heteroatoms. The lowest BCUT2D eigenvalue weighted by molar-refractivity contribution is -0.663. The van der Waals surface area contributed by atoms with Gasteiger partial charge in [-0.25, -0.2) is 9.13 Å². The molecule has 0 aliphatic rings. The SMILES string of the molecule is CC(C)SCCCn1c[n+](Cc2ccccc2)c2ccccc21. The van der Waals surface area contributed by atoms with Crippen molar-refractivity contribution in [2.24, 2.45) is 0 Å². The van der Waals surface area contributed by atoms with E-state index in [1.165, 1.54) is 28.8 Å². The van der Waals surface area contributed by atoms with Gasteiger partial charge in [0, 0.05) is 0 Å². The Morgan fingerprint density at radius 3 is 2.52 bits per heavy atom. The molecule has 2 aromatic carbocycles. The highest BCUT2D eigenvalue weighted by Gasteiger charge is 2.15. The molecule has 0 amide bonds. The van der Waals surface area contributed by atoms with Gasteiger partial charge in [-0.2, -0.15) is 11.8 Å². The van der Waals surface area contributed by atoms with Gasteiger partial charge in [0.25, 0.3) is 0 Å². The zero-order chi connectivity index (χ0) is 16.1. The minimum Gasteiger partial charge on any atom is -0.230 e. The van der Waals surface area contributed by atoms with Crippen molar-refractivity contribution in [1.29, 1.82) is 0 Å². The van der Waals surface area contributed by atoms with E-state index >= 15 is 0 Å². The highest BCUT2D eigenvalue weighted by Crippen LogP contribution is 2.15. The first-order valence-electron chi connectivity index (χ1n) is 8.37. The lowest BCUT2D eigenvalue weighted by Crippen LogP contribution is -2.32. The predicted molar refractivity (Wildman–Crippen MR) is 99.9 cm³/mol. The van der Waals surface area contributed by atoms with Gasteiger partial charge >= 0.3 is 0 Å². The molecule has 2 nitrogen and oxygen atoms in total. The fraction of sp³-hybridized carbons (Fsp3) is 0.350. The minimum atomic E-state index is 0.722. The van der Waals surface area contributed by atoms with Crippen LogP contribution < -0.4 is 4.57 Å². The molecule has 0 saturated heterocycles. The number of rotatable bonds is 7. The van der Waals surface area contributed by atoms with Crippen molar-refractivity contribution in [1.82, 2.24) is 4.57 Å². The van der Waals surface area contributed by atoms with E-state index in [2.05, 4.69) is 83.9 Å². The number of hydrogen-bond acceptors (Lipinski definition) is 1. The summed E-state index contributed by atoms with van der Waals surface area (Å²) < 4.78 is 4.76. The zero-order valence-corrected chi connectivity index (χ0v) is 14.8. The number of imidazole rings is 1. The van der Waals surface area contributed by atoms with Gasteiger partial charge in [-0.15, -0.1) is 0 Å². The van der Waals surface area contributed by atoms with E-state index in [0.29, 0.717) is 0 Å². The molecule has 0 radical (unpaired) electrons. The van der Waals surface area contributed by atoms with Crippen LogP contribution in [0.1, 0.15) is 25.8 Å². The van der Waals surface area contributed by atoms with Gasteiger partial charge in [0.15, 0.2) is 11.0 Å². The molecule has 120 valence electrons. The number of aromatic nitrogens is 2. The van der Waals surface area contributed by atoms with Gasteiger partial charge in [-0.05, 0) is 35.1 Å². The zero-order valence-electron chi connectivity index (χ0n) is 14.0. The third kappa shape index (κ3) is 4.17. The maximum Gasteiger partial charge on any atom is 0.245 e. The van der Waals surface area contributed by atoms with E-state index in [9.17, 15) is 0 Å². The van der Waals surface area contributed by atoms with E-state index in [1.54, 1.807) is 0 Å². The summed E-state index contributed by atoms with van der Waals surface area (Å²) in [6, 6.07) is 19.4. The summed E-state index contributed by atoms with van der Waals surface area (Å²) in [5.41, 5.74) is 3.99. The predicted octanol–water partition coefficient (Wildman–Crippen LogP) is 4.51. The quantitative estimate of drug-likeness (QED) is 0.458. The van der Waals surface area contributed by atoms with Gasteiger partial charge in [0.2, 0.25) is 6.33 Å². The Bertz CT molecular complexity index is 747. The first kappa shape index (κ1) is 16.1. The van der Waals surface area contributed by atoms with Gasteiger partial charge in [-0.1, -0.05) is 56.3 Å². The van der Waals surface area contributed by atoms with Crippen LogP contribution in [0.4, 0.5) is 0 Å². The minimum absolute atomic E-state index is 0.722. The van der Waals surface area contributed by atoms with Crippen molar-refractivity contribution in [2.75, 3.05) is 5.75 Å². The summed E-state index contributed by atoms with van der Waals surface area (Å²) in [6.07, 6.45) is 3.49. The highest BCUT2D eigenvalue weighted by molar-refractivity contribution is 7.99. The third-order valence-corrected chi connectivity index (χ3v) is 5.16. The second kappa shape index (κ2) is 7.69. The fourth-order valence-corrected chi connectivity index (χ4v) is 3.65. The van der Waals surface area contributed by atoms with Crippen molar-refractivity contribution in [3.8, 4) is 0 Å². The van der Waals surface area contributed by atoms with E-state index < -0.39 is 0 Å². The molecule has 0 spiro atoms. The Kier molecular flexibility index (Phi) is 5.39. The van der Waals surface area contributed by atoms with E-state index in [4.69, 9.17) is 0 Å². The summed E-state index contributed by atoms with van der Waals surface area (Å²) in [5.74, 6) is 1.23. The smallest absolute Gasteiger partial charge is 0.230 e. The van der Waals surface area contributed by atoms with Crippen molar-refractivity contribution in [2.45, 2.75) is 38.6 Å². The molecular formula is C20H25N2S+. The Morgan fingerprint density at radius 1 is 1.00 bits per heavy atom. The number of aryl methyl sites for hydroxylation is 1. The monoisotopic (exact) mass is 325 g/mol. The van der Waals surface area contributed by atoms with E-state index in [-0.39, 0.29) is 0 Å². The molecule has 23 heavy (non-hydrogen) atoms. The number of fused-ring (bicyclic) bond motifs is 1. The summed E-state index contributed by atoms with van der Waals surface area (Å²) >= 11 is 2.05. The Hall–Kier alpha value is -1.74. The largest absolute Gasteiger partial charge is 0.245 e. The van der Waals surface area contributed by atoms with E-state index in [1.807, 2.05) is 11.8 Å². The molecule has 0 saturated carbocycles. The first-order chi connectivity index (χ1) is 11.2. The Morgan fingerprint density at radius 2 is 1.74 bits per heavy atom. The normalized spacial score (nSPS) is 11.4. The standard InChI is InChI=1S/C20H25N2S/c1-17(2)23-14-8-13-21-16-22(15-18-9-4-3-5-10-18)20-12-7-6-11-19(20)21/h3-7,9-12,16-17H,8,13-15H2,1-2H3/q+1. The Balaban J connectivity index is 1.79. The van der Waals surface area contributed by atoms with Crippen molar-refractivity contribution >= 4 is 22.8 Å². The average molecular weight is 326 g/mol. The molecule has 0 aliphatic heterocycles. The first-order valence-corrected chi connectivity index (χ1v) is 9.42. The van der Waals surface area contributed by atoms with E-state index in [0.717, 1.165) is 18.3 Å². The molecule has 0 bridgehead atoms. The average Bonchev–Trinajstić information content (AvgIpc) is 2.91. The lowest BCUT2D eigenvalue weighted by Gasteiger charge is -2.03. The summed E-state index contributed by atoms with van der Waals surface area (Å²) in [5, 5.41) is 0.722. The van der Waals surface area contributed by atoms with Crippen molar-refractivity contribution in [3.63, 3.8) is 0 Å².